The average Bonchev–Trinajstić information content (AvgIpc) is 2.85. The molecule has 2 atom stereocenters. The van der Waals surface area contributed by atoms with Crippen molar-refractivity contribution < 1.29 is 19.2 Å². The van der Waals surface area contributed by atoms with E-state index < -0.39 is 22.7 Å². The molecular formula is C27H23NO5. The molecule has 0 saturated heterocycles. The van der Waals surface area contributed by atoms with Crippen LogP contribution >= 0.6 is 0 Å². The molecule has 0 aliphatic heterocycles. The third-order valence-electron chi connectivity index (χ3n) is 5.45. The van der Waals surface area contributed by atoms with Gasteiger partial charge in [-0.1, -0.05) is 78.7 Å². The molecule has 33 heavy (non-hydrogen) atoms. The van der Waals surface area contributed by atoms with E-state index in [-0.39, 0.29) is 30.9 Å². The highest BCUT2D eigenvalue weighted by molar-refractivity contribution is 5.96. The molecule has 6 heteroatoms. The lowest BCUT2D eigenvalue weighted by Crippen LogP contribution is -2.20. The molecule has 0 aromatic heterocycles. The molecule has 0 bridgehead atoms. The summed E-state index contributed by atoms with van der Waals surface area (Å²) >= 11 is 0. The van der Waals surface area contributed by atoms with Gasteiger partial charge < -0.3 is 4.74 Å². The smallest absolute Gasteiger partial charge is 0.307 e. The Morgan fingerprint density at radius 1 is 0.848 bits per heavy atom. The predicted octanol–water partition coefficient (Wildman–Crippen LogP) is 5.30. The Balaban J connectivity index is 2.02. The van der Waals surface area contributed by atoms with Crippen LogP contribution < -0.4 is 0 Å². The van der Waals surface area contributed by atoms with E-state index in [1.807, 2.05) is 36.4 Å². The minimum Gasteiger partial charge on any atom is -0.452 e. The highest BCUT2D eigenvalue weighted by atomic mass is 16.6. The van der Waals surface area contributed by atoms with Gasteiger partial charge in [0.2, 0.25) is 0 Å². The topological polar surface area (TPSA) is 86.5 Å². The molecule has 3 rings (SSSR count). The fourth-order valence-electron chi connectivity index (χ4n) is 3.83. The summed E-state index contributed by atoms with van der Waals surface area (Å²) in [5.41, 5.74) is 2.10. The van der Waals surface area contributed by atoms with E-state index in [9.17, 15) is 19.7 Å². The minimum absolute atomic E-state index is 0.00934. The van der Waals surface area contributed by atoms with E-state index in [1.165, 1.54) is 12.1 Å². The third-order valence-corrected chi connectivity index (χ3v) is 5.45. The summed E-state index contributed by atoms with van der Waals surface area (Å²) in [6.45, 7) is -0.133. The molecule has 0 aliphatic rings. The number of ether oxygens (including phenoxy) is 1. The Bertz CT molecular complexity index is 1130. The van der Waals surface area contributed by atoms with Gasteiger partial charge in [0.05, 0.1) is 11.3 Å². The zero-order valence-corrected chi connectivity index (χ0v) is 17.9. The SMILES string of the molecule is C#CCOC(=O)C[C@@H](c1ccccc1)[C@@H](CC(=O)c1ccccc1)c1ccc([N+](=O)[O-])cc1. The van der Waals surface area contributed by atoms with E-state index in [0.717, 1.165) is 11.1 Å². The van der Waals surface area contributed by atoms with Gasteiger partial charge in [-0.05, 0) is 17.0 Å². The molecule has 0 fully saturated rings. The first kappa shape index (κ1) is 23.4. The van der Waals surface area contributed by atoms with Crippen molar-refractivity contribution in [2.75, 3.05) is 6.61 Å². The molecule has 3 aromatic carbocycles. The van der Waals surface area contributed by atoms with Crippen LogP contribution in [0.5, 0.6) is 0 Å². The Kier molecular flexibility index (Phi) is 8.09. The highest BCUT2D eigenvalue weighted by Crippen LogP contribution is 2.39. The maximum atomic E-state index is 13.1. The summed E-state index contributed by atoms with van der Waals surface area (Å²) < 4.78 is 5.12. The molecule has 0 amide bonds. The van der Waals surface area contributed by atoms with E-state index in [4.69, 9.17) is 11.2 Å². The number of terminal acetylenes is 1. The summed E-state index contributed by atoms with van der Waals surface area (Å²) in [5.74, 6) is 0.909. The van der Waals surface area contributed by atoms with Gasteiger partial charge >= 0.3 is 5.97 Å². The Morgan fingerprint density at radius 3 is 1.97 bits per heavy atom. The number of rotatable bonds is 10. The minimum atomic E-state index is -0.472. The van der Waals surface area contributed by atoms with E-state index in [0.29, 0.717) is 5.56 Å². The summed E-state index contributed by atoms with van der Waals surface area (Å²) in [7, 11) is 0. The van der Waals surface area contributed by atoms with Crippen LogP contribution in [0, 0.1) is 22.5 Å². The fraction of sp³-hybridized carbons (Fsp3) is 0.185. The van der Waals surface area contributed by atoms with Gasteiger partial charge in [-0.2, -0.15) is 0 Å². The first-order chi connectivity index (χ1) is 16.0. The Morgan fingerprint density at radius 2 is 1.39 bits per heavy atom. The lowest BCUT2D eigenvalue weighted by molar-refractivity contribution is -0.384. The lowest BCUT2D eigenvalue weighted by Gasteiger charge is -2.27. The van der Waals surface area contributed by atoms with Gasteiger partial charge in [0.15, 0.2) is 12.4 Å². The average molecular weight is 441 g/mol. The van der Waals surface area contributed by atoms with Crippen LogP contribution in [0.15, 0.2) is 84.9 Å². The summed E-state index contributed by atoms with van der Waals surface area (Å²) in [6.07, 6.45) is 5.34. The van der Waals surface area contributed by atoms with Gasteiger partial charge in [0.1, 0.15) is 0 Å². The van der Waals surface area contributed by atoms with Crippen molar-refractivity contribution >= 4 is 17.4 Å². The van der Waals surface area contributed by atoms with Gasteiger partial charge in [0, 0.05) is 30.0 Å². The van der Waals surface area contributed by atoms with Crippen LogP contribution in [0.25, 0.3) is 0 Å². The van der Waals surface area contributed by atoms with Gasteiger partial charge in [-0.15, -0.1) is 6.42 Å². The van der Waals surface area contributed by atoms with Gasteiger partial charge in [-0.25, -0.2) is 0 Å². The van der Waals surface area contributed by atoms with Crippen LogP contribution in [0.1, 0.15) is 46.2 Å². The number of hydrogen-bond acceptors (Lipinski definition) is 5. The number of nitro benzene ring substituents is 1. The largest absolute Gasteiger partial charge is 0.452 e. The van der Waals surface area contributed by atoms with Crippen LogP contribution in [-0.4, -0.2) is 23.3 Å². The van der Waals surface area contributed by atoms with Crippen molar-refractivity contribution in [2.24, 2.45) is 0 Å². The first-order valence-corrected chi connectivity index (χ1v) is 10.5. The molecule has 0 spiro atoms. The second-order valence-corrected chi connectivity index (χ2v) is 7.53. The number of non-ortho nitro benzene ring substituents is 1. The van der Waals surface area contributed by atoms with Crippen LogP contribution in [0.3, 0.4) is 0 Å². The zero-order chi connectivity index (χ0) is 23.6. The van der Waals surface area contributed by atoms with Crippen molar-refractivity contribution in [2.45, 2.75) is 24.7 Å². The third kappa shape index (κ3) is 6.37. The standard InChI is InChI=1S/C27H23NO5/c1-2-17-33-27(30)19-25(20-9-5-3-6-10-20)24(18-26(29)22-11-7-4-8-12-22)21-13-15-23(16-14-21)28(31)32/h1,3-16,24-25H,17-19H2/t24-,25-/m0/s1. The number of Topliss-reactive ketones (excluding diaryl/α,β-unsaturated/α-hetero) is 1. The molecule has 0 unspecified atom stereocenters. The van der Waals surface area contributed by atoms with Gasteiger partial charge in [0.25, 0.3) is 5.69 Å². The van der Waals surface area contributed by atoms with Crippen LogP contribution in [0.2, 0.25) is 0 Å². The molecule has 3 aromatic rings. The normalized spacial score (nSPS) is 12.2. The van der Waals surface area contributed by atoms with Crippen LogP contribution in [-0.2, 0) is 9.53 Å². The number of benzene rings is 3. The summed E-state index contributed by atoms with van der Waals surface area (Å²) in [6, 6.07) is 24.4. The second-order valence-electron chi connectivity index (χ2n) is 7.53. The molecule has 0 saturated carbocycles. The number of nitro groups is 1. The van der Waals surface area contributed by atoms with Crippen molar-refractivity contribution in [3.05, 3.63) is 112 Å². The van der Waals surface area contributed by atoms with Crippen LogP contribution in [0.4, 0.5) is 5.69 Å². The summed E-state index contributed by atoms with van der Waals surface area (Å²) in [4.78, 5) is 36.3. The van der Waals surface area contributed by atoms with Crippen molar-refractivity contribution in [3.63, 3.8) is 0 Å². The Labute approximate surface area is 192 Å². The molecule has 166 valence electrons. The first-order valence-electron chi connectivity index (χ1n) is 10.5. The van der Waals surface area contributed by atoms with Gasteiger partial charge in [-0.3, -0.25) is 19.7 Å². The lowest BCUT2D eigenvalue weighted by atomic mass is 9.76. The molecule has 6 nitrogen and oxygen atoms in total. The van der Waals surface area contributed by atoms with E-state index >= 15 is 0 Å². The van der Waals surface area contributed by atoms with E-state index in [1.54, 1.807) is 36.4 Å². The van der Waals surface area contributed by atoms with Crippen molar-refractivity contribution in [1.29, 1.82) is 0 Å². The maximum absolute atomic E-state index is 13.1. The van der Waals surface area contributed by atoms with Crippen molar-refractivity contribution in [3.8, 4) is 12.3 Å². The molecule has 0 aliphatic carbocycles. The maximum Gasteiger partial charge on any atom is 0.307 e. The second kappa shape index (κ2) is 11.4. The molecule has 0 radical (unpaired) electrons. The monoisotopic (exact) mass is 441 g/mol. The Hall–Kier alpha value is -4.24. The molecule has 0 N–H and O–H groups in total. The van der Waals surface area contributed by atoms with Crippen molar-refractivity contribution in [1.82, 2.24) is 0 Å². The fourth-order valence-corrected chi connectivity index (χ4v) is 3.83. The number of nitrogens with zero attached hydrogens (tertiary/aromatic N) is 1. The summed E-state index contributed by atoms with van der Waals surface area (Å²) in [5, 5.41) is 11.1. The number of esters is 1. The predicted molar refractivity (Wildman–Crippen MR) is 125 cm³/mol. The zero-order valence-electron chi connectivity index (χ0n) is 17.9. The number of carbonyl (C=O) groups excluding carboxylic acids is 2. The number of carbonyl (C=O) groups is 2. The quantitative estimate of drug-likeness (QED) is 0.140. The molecule has 0 heterocycles. The van der Waals surface area contributed by atoms with E-state index in [2.05, 4.69) is 5.92 Å². The molecular weight excluding hydrogens is 418 g/mol. The number of ketones is 1. The number of hydrogen-bond donors (Lipinski definition) is 0. The highest BCUT2D eigenvalue weighted by Gasteiger charge is 2.30.